The summed E-state index contributed by atoms with van der Waals surface area (Å²) in [5.74, 6) is 0. The maximum atomic E-state index is 12.0. The van der Waals surface area contributed by atoms with Crippen molar-refractivity contribution in [3.8, 4) is 0 Å². The summed E-state index contributed by atoms with van der Waals surface area (Å²) >= 11 is 5.86. The minimum atomic E-state index is -3.36. The Morgan fingerprint density at radius 2 is 2.06 bits per heavy atom. The Labute approximate surface area is 101 Å². The zero-order valence-electron chi connectivity index (χ0n) is 8.93. The normalized spacial score (nSPS) is 21.0. The van der Waals surface area contributed by atoms with Crippen LogP contribution in [0.5, 0.6) is 0 Å². The van der Waals surface area contributed by atoms with E-state index >= 15 is 0 Å². The van der Waals surface area contributed by atoms with Gasteiger partial charge in [0.1, 0.15) is 0 Å². The average Bonchev–Trinajstić information content (AvgIpc) is 2.22. The van der Waals surface area contributed by atoms with Gasteiger partial charge in [0, 0.05) is 25.2 Å². The number of hydrogen-bond acceptors (Lipinski definition) is 2. The molecule has 0 atom stereocenters. The standard InChI is InChI=1S/C10H13ClN2O2S/c1-12-6-3-7-13(16(12,14)15)10-5-2-4-9(11)8-10/h2,4-5,8H,3,6-7H2,1H3. The maximum absolute atomic E-state index is 12.0. The fourth-order valence-corrected chi connectivity index (χ4v) is 3.35. The van der Waals surface area contributed by atoms with E-state index in [1.807, 2.05) is 0 Å². The number of benzene rings is 1. The van der Waals surface area contributed by atoms with Crippen LogP contribution in [0.2, 0.25) is 5.02 Å². The molecule has 1 aromatic rings. The lowest BCUT2D eigenvalue weighted by molar-refractivity contribution is 0.438. The second-order valence-electron chi connectivity index (χ2n) is 3.73. The first-order chi connectivity index (χ1) is 7.51. The monoisotopic (exact) mass is 260 g/mol. The first-order valence-corrected chi connectivity index (χ1v) is 6.79. The Bertz CT molecular complexity index is 489. The molecule has 1 fully saturated rings. The molecule has 2 rings (SSSR count). The molecule has 0 aromatic heterocycles. The van der Waals surface area contributed by atoms with Crippen LogP contribution >= 0.6 is 11.6 Å². The average molecular weight is 261 g/mol. The van der Waals surface area contributed by atoms with Crippen molar-refractivity contribution < 1.29 is 8.42 Å². The molecule has 0 N–H and O–H groups in total. The van der Waals surface area contributed by atoms with Crippen molar-refractivity contribution in [1.29, 1.82) is 0 Å². The molecule has 0 amide bonds. The van der Waals surface area contributed by atoms with Crippen molar-refractivity contribution in [1.82, 2.24) is 4.31 Å². The van der Waals surface area contributed by atoms with Crippen LogP contribution < -0.4 is 4.31 Å². The maximum Gasteiger partial charge on any atom is 0.303 e. The van der Waals surface area contributed by atoms with Crippen molar-refractivity contribution in [3.63, 3.8) is 0 Å². The lowest BCUT2D eigenvalue weighted by atomic mass is 10.3. The van der Waals surface area contributed by atoms with Crippen LogP contribution in [0.3, 0.4) is 0 Å². The Kier molecular flexibility index (Phi) is 3.10. The third kappa shape index (κ3) is 2.03. The van der Waals surface area contributed by atoms with E-state index in [4.69, 9.17) is 11.6 Å². The van der Waals surface area contributed by atoms with Gasteiger partial charge in [-0.3, -0.25) is 4.31 Å². The van der Waals surface area contributed by atoms with E-state index in [1.165, 1.54) is 8.61 Å². The van der Waals surface area contributed by atoms with E-state index in [1.54, 1.807) is 31.3 Å². The zero-order chi connectivity index (χ0) is 11.8. The van der Waals surface area contributed by atoms with Gasteiger partial charge in [0.15, 0.2) is 0 Å². The lowest BCUT2D eigenvalue weighted by Crippen LogP contribution is -2.47. The summed E-state index contributed by atoms with van der Waals surface area (Å²) in [6.07, 6.45) is 0.822. The van der Waals surface area contributed by atoms with Crippen molar-refractivity contribution in [3.05, 3.63) is 29.3 Å². The van der Waals surface area contributed by atoms with E-state index in [0.717, 1.165) is 6.42 Å². The second kappa shape index (κ2) is 4.24. The molecular weight excluding hydrogens is 248 g/mol. The smallest absolute Gasteiger partial charge is 0.258 e. The topological polar surface area (TPSA) is 40.6 Å². The molecule has 1 aliphatic heterocycles. The minimum absolute atomic E-state index is 0.507. The Hall–Kier alpha value is -0.780. The number of anilines is 1. The molecular formula is C10H13ClN2O2S. The van der Waals surface area contributed by atoms with Gasteiger partial charge in [-0.15, -0.1) is 0 Å². The predicted octanol–water partition coefficient (Wildman–Crippen LogP) is 1.73. The quantitative estimate of drug-likeness (QED) is 0.772. The summed E-state index contributed by atoms with van der Waals surface area (Å²) in [7, 11) is -1.77. The molecule has 88 valence electrons. The summed E-state index contributed by atoms with van der Waals surface area (Å²) in [5.41, 5.74) is 0.624. The van der Waals surface area contributed by atoms with Gasteiger partial charge in [-0.2, -0.15) is 12.7 Å². The van der Waals surface area contributed by atoms with Crippen LogP contribution in [-0.2, 0) is 10.2 Å². The van der Waals surface area contributed by atoms with E-state index in [-0.39, 0.29) is 0 Å². The van der Waals surface area contributed by atoms with Crippen molar-refractivity contribution in [2.45, 2.75) is 6.42 Å². The Balaban J connectivity index is 2.40. The van der Waals surface area contributed by atoms with Crippen LogP contribution in [0.4, 0.5) is 5.69 Å². The highest BCUT2D eigenvalue weighted by molar-refractivity contribution is 7.90. The molecule has 16 heavy (non-hydrogen) atoms. The summed E-state index contributed by atoms with van der Waals surface area (Å²) in [5, 5.41) is 0.543. The largest absolute Gasteiger partial charge is 0.303 e. The molecule has 1 saturated heterocycles. The van der Waals surface area contributed by atoms with E-state index in [2.05, 4.69) is 0 Å². The van der Waals surface area contributed by atoms with Gasteiger partial charge < -0.3 is 0 Å². The summed E-state index contributed by atoms with van der Waals surface area (Å²) in [4.78, 5) is 0. The van der Waals surface area contributed by atoms with Gasteiger partial charge in [0.05, 0.1) is 5.69 Å². The van der Waals surface area contributed by atoms with Crippen LogP contribution in [0.1, 0.15) is 6.42 Å². The molecule has 0 radical (unpaired) electrons. The molecule has 1 heterocycles. The number of rotatable bonds is 1. The van der Waals surface area contributed by atoms with Gasteiger partial charge in [0.25, 0.3) is 0 Å². The molecule has 1 aliphatic rings. The van der Waals surface area contributed by atoms with Crippen LogP contribution in [0, 0.1) is 0 Å². The first-order valence-electron chi connectivity index (χ1n) is 5.01. The molecule has 1 aromatic carbocycles. The Morgan fingerprint density at radius 1 is 1.31 bits per heavy atom. The van der Waals surface area contributed by atoms with Gasteiger partial charge in [-0.25, -0.2) is 0 Å². The van der Waals surface area contributed by atoms with Crippen molar-refractivity contribution in [2.24, 2.45) is 0 Å². The van der Waals surface area contributed by atoms with E-state index in [9.17, 15) is 8.42 Å². The molecule has 0 spiro atoms. The highest BCUT2D eigenvalue weighted by atomic mass is 35.5. The van der Waals surface area contributed by atoms with E-state index in [0.29, 0.717) is 23.8 Å². The van der Waals surface area contributed by atoms with Gasteiger partial charge in [-0.05, 0) is 24.6 Å². The summed E-state index contributed by atoms with van der Waals surface area (Å²) < 4.78 is 26.8. The zero-order valence-corrected chi connectivity index (χ0v) is 10.5. The van der Waals surface area contributed by atoms with Crippen LogP contribution in [0.25, 0.3) is 0 Å². The van der Waals surface area contributed by atoms with Crippen LogP contribution in [-0.4, -0.2) is 32.9 Å². The minimum Gasteiger partial charge on any atom is -0.258 e. The number of nitrogens with zero attached hydrogens (tertiary/aromatic N) is 2. The summed E-state index contributed by atoms with van der Waals surface area (Å²) in [6.45, 7) is 1.08. The van der Waals surface area contributed by atoms with Gasteiger partial charge >= 0.3 is 10.2 Å². The number of halogens is 1. The highest BCUT2D eigenvalue weighted by Gasteiger charge is 2.30. The lowest BCUT2D eigenvalue weighted by Gasteiger charge is -2.33. The second-order valence-corrected chi connectivity index (χ2v) is 6.13. The van der Waals surface area contributed by atoms with Gasteiger partial charge in [-0.1, -0.05) is 17.7 Å². The first kappa shape index (κ1) is 11.7. The van der Waals surface area contributed by atoms with E-state index < -0.39 is 10.2 Å². The fourth-order valence-electron chi connectivity index (χ4n) is 1.73. The molecule has 0 aliphatic carbocycles. The SMILES string of the molecule is CN1CCCN(c2cccc(Cl)c2)S1(=O)=O. The molecule has 0 bridgehead atoms. The van der Waals surface area contributed by atoms with Crippen molar-refractivity contribution in [2.75, 3.05) is 24.4 Å². The third-order valence-corrected chi connectivity index (χ3v) is 4.76. The molecule has 0 unspecified atom stereocenters. The fraction of sp³-hybridized carbons (Fsp3) is 0.400. The molecule has 4 nitrogen and oxygen atoms in total. The summed E-state index contributed by atoms with van der Waals surface area (Å²) in [6, 6.07) is 6.90. The predicted molar refractivity (Wildman–Crippen MR) is 65.0 cm³/mol. The van der Waals surface area contributed by atoms with Crippen molar-refractivity contribution >= 4 is 27.5 Å². The molecule has 0 saturated carbocycles. The number of hydrogen-bond donors (Lipinski definition) is 0. The highest BCUT2D eigenvalue weighted by Crippen LogP contribution is 2.25. The molecule has 6 heteroatoms. The van der Waals surface area contributed by atoms with Crippen LogP contribution in [0.15, 0.2) is 24.3 Å². The third-order valence-electron chi connectivity index (χ3n) is 2.60. The van der Waals surface area contributed by atoms with Gasteiger partial charge in [0.2, 0.25) is 0 Å². The Morgan fingerprint density at radius 3 is 2.75 bits per heavy atom.